The normalized spacial score (nSPS) is 23.7. The fourth-order valence-corrected chi connectivity index (χ4v) is 5.79. The Balaban J connectivity index is 0.00000261. The van der Waals surface area contributed by atoms with Gasteiger partial charge in [0.05, 0.1) is 11.5 Å². The first-order chi connectivity index (χ1) is 12.4. The average Bonchev–Trinajstić information content (AvgIpc) is 3.18. The van der Waals surface area contributed by atoms with Crippen molar-refractivity contribution in [3.05, 3.63) is 35.4 Å². The van der Waals surface area contributed by atoms with Crippen molar-refractivity contribution in [3.63, 3.8) is 0 Å². The van der Waals surface area contributed by atoms with Crippen LogP contribution >= 0.6 is 24.0 Å². The Morgan fingerprint density at radius 1 is 1.26 bits per heavy atom. The highest BCUT2D eigenvalue weighted by Gasteiger charge is 2.40. The molecule has 152 valence electrons. The number of aliphatic imine (C=N–C) groups is 1. The van der Waals surface area contributed by atoms with E-state index in [1.54, 1.807) is 7.05 Å². The van der Waals surface area contributed by atoms with E-state index >= 15 is 0 Å². The standard InChI is InChI=1S/C18H25F2N3O2S.HI/c1-21-17(23-13-7-10-26(24,25)11-13)22-12-18(8-2-3-9-18)16-14(19)5-4-6-15(16)20;/h4-6,13H,2-3,7-12H2,1H3,(H2,21,22,23);1H. The number of hydrogen-bond donors (Lipinski definition) is 2. The largest absolute Gasteiger partial charge is 0.356 e. The maximum absolute atomic E-state index is 14.4. The number of sulfone groups is 1. The van der Waals surface area contributed by atoms with Gasteiger partial charge in [-0.15, -0.1) is 24.0 Å². The second kappa shape index (κ2) is 9.02. The molecule has 2 fully saturated rings. The van der Waals surface area contributed by atoms with Crippen LogP contribution in [0.5, 0.6) is 0 Å². The van der Waals surface area contributed by atoms with E-state index in [1.807, 2.05) is 0 Å². The molecule has 0 radical (unpaired) electrons. The van der Waals surface area contributed by atoms with Crippen LogP contribution < -0.4 is 10.6 Å². The van der Waals surface area contributed by atoms with Crippen LogP contribution in [-0.2, 0) is 15.3 Å². The lowest BCUT2D eigenvalue weighted by Crippen LogP contribution is -2.48. The summed E-state index contributed by atoms with van der Waals surface area (Å²) in [4.78, 5) is 4.14. The first-order valence-corrected chi connectivity index (χ1v) is 10.8. The Labute approximate surface area is 176 Å². The van der Waals surface area contributed by atoms with Gasteiger partial charge >= 0.3 is 0 Å². The van der Waals surface area contributed by atoms with Crippen LogP contribution in [0.2, 0.25) is 0 Å². The smallest absolute Gasteiger partial charge is 0.191 e. The zero-order valence-corrected chi connectivity index (χ0v) is 18.4. The predicted octanol–water partition coefficient (Wildman–Crippen LogP) is 2.75. The van der Waals surface area contributed by atoms with Gasteiger partial charge in [0.2, 0.25) is 0 Å². The fourth-order valence-electron chi connectivity index (χ4n) is 4.12. The zero-order valence-electron chi connectivity index (χ0n) is 15.3. The summed E-state index contributed by atoms with van der Waals surface area (Å²) in [6.07, 6.45) is 3.78. The van der Waals surface area contributed by atoms with Crippen molar-refractivity contribution in [1.29, 1.82) is 0 Å². The minimum absolute atomic E-state index is 0. The summed E-state index contributed by atoms with van der Waals surface area (Å²) in [5.74, 6) is -0.306. The molecule has 9 heteroatoms. The number of nitrogens with one attached hydrogen (secondary N) is 2. The van der Waals surface area contributed by atoms with Gasteiger partial charge in [-0.1, -0.05) is 18.9 Å². The van der Waals surface area contributed by atoms with Crippen LogP contribution in [0, 0.1) is 11.6 Å². The molecule has 1 saturated carbocycles. The molecule has 2 aliphatic rings. The molecular weight excluding hydrogens is 487 g/mol. The zero-order chi connectivity index (χ0) is 18.8. The van der Waals surface area contributed by atoms with Crippen LogP contribution in [0.25, 0.3) is 0 Å². The van der Waals surface area contributed by atoms with E-state index in [2.05, 4.69) is 15.6 Å². The molecule has 3 rings (SSSR count). The topological polar surface area (TPSA) is 70.6 Å². The van der Waals surface area contributed by atoms with Crippen molar-refractivity contribution >= 4 is 39.8 Å². The van der Waals surface area contributed by atoms with E-state index in [4.69, 9.17) is 0 Å². The van der Waals surface area contributed by atoms with Crippen LogP contribution in [0.4, 0.5) is 8.78 Å². The molecule has 1 aliphatic carbocycles. The van der Waals surface area contributed by atoms with Gasteiger partial charge < -0.3 is 10.6 Å². The molecule has 1 heterocycles. The summed E-state index contributed by atoms with van der Waals surface area (Å²) in [5.41, 5.74) is -0.474. The summed E-state index contributed by atoms with van der Waals surface area (Å²) in [7, 11) is -1.39. The van der Waals surface area contributed by atoms with Gasteiger partial charge in [-0.3, -0.25) is 4.99 Å². The molecule has 5 nitrogen and oxygen atoms in total. The van der Waals surface area contributed by atoms with E-state index in [0.29, 0.717) is 31.8 Å². The highest BCUT2D eigenvalue weighted by molar-refractivity contribution is 14.0. The van der Waals surface area contributed by atoms with Crippen LogP contribution in [0.15, 0.2) is 23.2 Å². The van der Waals surface area contributed by atoms with Crippen molar-refractivity contribution in [2.45, 2.75) is 43.6 Å². The predicted molar refractivity (Wildman–Crippen MR) is 113 cm³/mol. The molecule has 1 aliphatic heterocycles. The highest BCUT2D eigenvalue weighted by Crippen LogP contribution is 2.42. The van der Waals surface area contributed by atoms with E-state index in [9.17, 15) is 17.2 Å². The molecular formula is C18H26F2IN3O2S. The first kappa shape index (κ1) is 22.3. The minimum Gasteiger partial charge on any atom is -0.356 e. The van der Waals surface area contributed by atoms with Crippen LogP contribution in [0.1, 0.15) is 37.7 Å². The van der Waals surface area contributed by atoms with Crippen molar-refractivity contribution in [2.75, 3.05) is 25.1 Å². The average molecular weight is 513 g/mol. The van der Waals surface area contributed by atoms with Gasteiger partial charge in [0.15, 0.2) is 15.8 Å². The molecule has 1 aromatic carbocycles. The van der Waals surface area contributed by atoms with Crippen LogP contribution in [0.3, 0.4) is 0 Å². The number of halogens is 3. The molecule has 0 spiro atoms. The summed E-state index contributed by atoms with van der Waals surface area (Å²) >= 11 is 0. The van der Waals surface area contributed by atoms with E-state index in [-0.39, 0.29) is 47.1 Å². The number of hydrogen-bond acceptors (Lipinski definition) is 3. The molecule has 0 amide bonds. The molecule has 0 bridgehead atoms. The Bertz CT molecular complexity index is 776. The third kappa shape index (κ3) is 5.10. The lowest BCUT2D eigenvalue weighted by atomic mass is 9.78. The van der Waals surface area contributed by atoms with Crippen molar-refractivity contribution in [1.82, 2.24) is 10.6 Å². The van der Waals surface area contributed by atoms with Crippen molar-refractivity contribution < 1.29 is 17.2 Å². The summed E-state index contributed by atoms with van der Waals surface area (Å²) in [6, 6.07) is 3.80. The fraction of sp³-hybridized carbons (Fsp3) is 0.611. The Morgan fingerprint density at radius 3 is 2.41 bits per heavy atom. The third-order valence-electron chi connectivity index (χ3n) is 5.44. The first-order valence-electron chi connectivity index (χ1n) is 8.97. The monoisotopic (exact) mass is 513 g/mol. The highest BCUT2D eigenvalue weighted by atomic mass is 127. The van der Waals surface area contributed by atoms with E-state index in [1.165, 1.54) is 18.2 Å². The van der Waals surface area contributed by atoms with E-state index in [0.717, 1.165) is 12.8 Å². The van der Waals surface area contributed by atoms with Crippen molar-refractivity contribution in [3.8, 4) is 0 Å². The van der Waals surface area contributed by atoms with Gasteiger partial charge in [0, 0.05) is 30.6 Å². The number of guanidine groups is 1. The van der Waals surface area contributed by atoms with Gasteiger partial charge in [-0.05, 0) is 31.4 Å². The second-order valence-corrected chi connectivity index (χ2v) is 9.48. The lowest BCUT2D eigenvalue weighted by molar-refractivity contribution is 0.385. The summed E-state index contributed by atoms with van der Waals surface area (Å²) in [5, 5.41) is 6.29. The maximum Gasteiger partial charge on any atom is 0.191 e. The van der Waals surface area contributed by atoms with Gasteiger partial charge in [-0.2, -0.15) is 0 Å². The number of rotatable bonds is 4. The Hall–Kier alpha value is -0.970. The molecule has 2 N–H and O–H groups in total. The second-order valence-electron chi connectivity index (χ2n) is 7.25. The van der Waals surface area contributed by atoms with Gasteiger partial charge in [0.25, 0.3) is 0 Å². The molecule has 1 aromatic rings. The SMILES string of the molecule is CN=C(NCC1(c2c(F)cccc2F)CCCC1)NC1CCS(=O)(=O)C1.I. The lowest BCUT2D eigenvalue weighted by Gasteiger charge is -2.31. The summed E-state index contributed by atoms with van der Waals surface area (Å²) in [6.45, 7) is 0.351. The molecule has 27 heavy (non-hydrogen) atoms. The molecule has 1 atom stereocenters. The minimum atomic E-state index is -2.99. The number of benzene rings is 1. The molecule has 0 aromatic heterocycles. The molecule has 1 saturated heterocycles. The van der Waals surface area contributed by atoms with E-state index < -0.39 is 26.9 Å². The third-order valence-corrected chi connectivity index (χ3v) is 7.21. The van der Waals surface area contributed by atoms with Crippen molar-refractivity contribution in [2.24, 2.45) is 4.99 Å². The Morgan fingerprint density at radius 2 is 1.89 bits per heavy atom. The summed E-state index contributed by atoms with van der Waals surface area (Å²) < 4.78 is 52.0. The molecule has 1 unspecified atom stereocenters. The Kier molecular flexibility index (Phi) is 7.46. The van der Waals surface area contributed by atoms with Gasteiger partial charge in [-0.25, -0.2) is 17.2 Å². The number of nitrogens with zero attached hydrogens (tertiary/aromatic N) is 1. The van der Waals surface area contributed by atoms with Crippen LogP contribution in [-0.4, -0.2) is 45.5 Å². The van der Waals surface area contributed by atoms with Gasteiger partial charge in [0.1, 0.15) is 11.6 Å². The quantitative estimate of drug-likeness (QED) is 0.369. The maximum atomic E-state index is 14.4.